The molecule has 0 bridgehead atoms. The van der Waals surface area contributed by atoms with Crippen molar-refractivity contribution in [2.24, 2.45) is 21.1 Å². The van der Waals surface area contributed by atoms with Crippen LogP contribution in [0.25, 0.3) is 89.9 Å². The number of piperidine rings is 1. The zero-order chi connectivity index (χ0) is 80.6. The van der Waals surface area contributed by atoms with Gasteiger partial charge in [-0.05, 0) is 192 Å². The van der Waals surface area contributed by atoms with E-state index in [-0.39, 0.29) is 53.7 Å². The Balaban J connectivity index is 0.544. The zero-order valence-electron chi connectivity index (χ0n) is 66.0. The molecule has 0 radical (unpaired) electrons. The number of hydrogen-bond acceptors (Lipinski definition) is 20. The van der Waals surface area contributed by atoms with E-state index in [0.717, 1.165) is 159 Å². The highest BCUT2D eigenvalue weighted by Crippen LogP contribution is 2.50. The summed E-state index contributed by atoms with van der Waals surface area (Å²) in [6.07, 6.45) is 24.3. The van der Waals surface area contributed by atoms with Crippen molar-refractivity contribution in [1.29, 1.82) is 0 Å². The van der Waals surface area contributed by atoms with Crippen LogP contribution in [-0.2, 0) is 35.5 Å². The number of likely N-dealkylation sites (tertiary alicyclic amines) is 1. The number of methoxy groups -OCH3 is 2. The lowest BCUT2D eigenvalue weighted by atomic mass is 9.81. The normalized spacial score (nSPS) is 17.8. The molecule has 2 aliphatic carbocycles. The fourth-order valence-corrected chi connectivity index (χ4v) is 17.4. The molecule has 16 rings (SSSR count). The number of carbonyl (C=O) groups is 3. The predicted octanol–water partition coefficient (Wildman–Crippen LogP) is 15.4. The maximum Gasteiger partial charge on any atom is 0.246 e. The van der Waals surface area contributed by atoms with Crippen LogP contribution in [0, 0.1) is 13.8 Å². The molecule has 1 aliphatic heterocycles. The molecular formula is C89H91N19O8. The number of nitrogen functional groups attached to an aromatic ring is 3. The van der Waals surface area contributed by atoms with E-state index in [1.807, 2.05) is 171 Å². The Hall–Kier alpha value is -13.7. The van der Waals surface area contributed by atoms with E-state index in [2.05, 4.69) is 63.2 Å². The molecule has 2 unspecified atom stereocenters. The number of nitrogens with two attached hydrogens (primary N) is 3. The molecule has 116 heavy (non-hydrogen) atoms. The van der Waals surface area contributed by atoms with Crippen molar-refractivity contribution < 1.29 is 38.1 Å². The Morgan fingerprint density at radius 3 is 1.60 bits per heavy atom. The van der Waals surface area contributed by atoms with Gasteiger partial charge in [0.25, 0.3) is 0 Å². The van der Waals surface area contributed by atoms with Crippen molar-refractivity contribution in [2.45, 2.75) is 121 Å². The first-order chi connectivity index (χ1) is 56.3. The van der Waals surface area contributed by atoms with Gasteiger partial charge in [-0.2, -0.15) is 5.10 Å². The number of anilines is 3. The summed E-state index contributed by atoms with van der Waals surface area (Å²) < 4.78 is 39.3. The molecule has 0 spiro atoms. The lowest BCUT2D eigenvalue weighted by Gasteiger charge is -2.38. The lowest BCUT2D eigenvalue weighted by Crippen LogP contribution is -2.46. The summed E-state index contributed by atoms with van der Waals surface area (Å²) in [5, 5.41) is 13.6. The highest BCUT2D eigenvalue weighted by molar-refractivity contribution is 6.08. The number of nitrogens with zero attached hydrogens (tertiary/aromatic N) is 14. The van der Waals surface area contributed by atoms with Gasteiger partial charge < -0.3 is 70.1 Å². The van der Waals surface area contributed by atoms with Crippen LogP contribution in [0.1, 0.15) is 123 Å². The van der Waals surface area contributed by atoms with Gasteiger partial charge in [0.1, 0.15) is 64.9 Å². The number of nitrogens with one attached hydrogen (secondary N) is 2. The van der Waals surface area contributed by atoms with E-state index >= 15 is 0 Å². The number of benzene rings is 4. The van der Waals surface area contributed by atoms with Gasteiger partial charge in [0, 0.05) is 127 Å². The molecule has 4 aromatic carbocycles. The number of fused-ring (bicyclic) bond motifs is 3. The maximum atomic E-state index is 13.7. The fraction of sp³-hybridized carbons (Fsp3) is 0.281. The average molecular weight is 1550 g/mol. The van der Waals surface area contributed by atoms with Crippen LogP contribution in [-0.4, -0.2) is 125 Å². The molecule has 3 fully saturated rings. The fourth-order valence-electron chi connectivity index (χ4n) is 17.4. The second-order valence-electron chi connectivity index (χ2n) is 30.1. The highest BCUT2D eigenvalue weighted by Gasteiger charge is 2.36. The number of ether oxygens (including phenoxy) is 5. The zero-order valence-corrected chi connectivity index (χ0v) is 66.0. The molecule has 2 atom stereocenters. The Morgan fingerprint density at radius 2 is 1.04 bits per heavy atom. The molecule has 27 heteroatoms. The first-order valence-corrected chi connectivity index (χ1v) is 39.0. The lowest BCUT2D eigenvalue weighted by molar-refractivity contribution is -0.130. The number of hydrogen-bond donors (Lipinski definition) is 5. The molecular weight excluding hydrogens is 1460 g/mol. The summed E-state index contributed by atoms with van der Waals surface area (Å²) in [4.78, 5) is 78.6. The summed E-state index contributed by atoms with van der Waals surface area (Å²) in [6, 6.07) is 36.1. The third-order valence-corrected chi connectivity index (χ3v) is 22.9. The van der Waals surface area contributed by atoms with Crippen molar-refractivity contribution in [3.63, 3.8) is 0 Å². The maximum absolute atomic E-state index is 13.7. The van der Waals surface area contributed by atoms with Crippen LogP contribution < -0.4 is 51.5 Å². The minimum Gasteiger partial charge on any atom is -0.493 e. The van der Waals surface area contributed by atoms with Gasteiger partial charge in [-0.1, -0.05) is 49.0 Å². The van der Waals surface area contributed by atoms with Crippen LogP contribution in [0.15, 0.2) is 171 Å². The van der Waals surface area contributed by atoms with Crippen molar-refractivity contribution in [1.82, 2.24) is 78.9 Å². The first-order valence-electron chi connectivity index (χ1n) is 39.0. The monoisotopic (exact) mass is 1550 g/mol. The quantitative estimate of drug-likeness (QED) is 0.0394. The van der Waals surface area contributed by atoms with Crippen molar-refractivity contribution in [3.8, 4) is 90.9 Å². The summed E-state index contributed by atoms with van der Waals surface area (Å²) in [5.41, 5.74) is 34.4. The Kier molecular flexibility index (Phi) is 21.3. The number of pyridine rings is 2. The second-order valence-corrected chi connectivity index (χ2v) is 30.1. The van der Waals surface area contributed by atoms with E-state index in [1.54, 1.807) is 44.6 Å². The molecule has 3 aliphatic rings. The van der Waals surface area contributed by atoms with E-state index < -0.39 is 0 Å². The molecule has 590 valence electrons. The number of rotatable bonds is 22. The van der Waals surface area contributed by atoms with Gasteiger partial charge in [0.05, 0.1) is 54.4 Å². The van der Waals surface area contributed by atoms with Crippen molar-refractivity contribution in [2.75, 3.05) is 38.0 Å². The van der Waals surface area contributed by atoms with E-state index in [1.165, 1.54) is 25.1 Å². The molecule has 10 heterocycles. The van der Waals surface area contributed by atoms with E-state index in [0.29, 0.717) is 87.2 Å². The highest BCUT2D eigenvalue weighted by atomic mass is 16.5. The summed E-state index contributed by atoms with van der Waals surface area (Å²) in [7, 11) is 9.20. The molecule has 1 saturated heterocycles. The molecule has 27 nitrogen and oxygen atoms in total. The largest absolute Gasteiger partial charge is 0.493 e. The van der Waals surface area contributed by atoms with Crippen LogP contribution in [0.4, 0.5) is 17.5 Å². The number of aromatic nitrogens is 13. The minimum atomic E-state index is -0.204. The van der Waals surface area contributed by atoms with Crippen LogP contribution in [0.3, 0.4) is 0 Å². The average Bonchev–Trinajstić information content (AvgIpc) is 1.59. The standard InChI is InChI=1S/C89H91N19O8/c1-10-74(111)107-39-13-17-65(52(107)4)108-46-60(45-99-108)83-75(78-84(90)93-47-96-87(78)106(83)7)55-25-33-63(34-26-55)114-64-16-12-15-53(41-64)19-37-70(109)102-61-29-21-56(22-30-61)82-77(80-86(92)95-49-98-89(80)105(82)6)59-28-36-67(69(44-59)113-9)116-73-42-54(40-51(3)101-73)20-38-71(110)103-62-31-23-57(24-32-62)81-76(79-85(91)94-48-97-88(79)104(81)5)58-27-35-66(68(43-58)112-8)115-72-18-11-14-50(2)100-72/h10-12,14-16,18-20,25-28,33-38,40-49,52,56-57,61-62,65H,1,13,17,21-24,29-32,39H2,2-9H3,(H,102,109)(H,103,110)(H2,90,93,96)(H2,91,94,97)(H2,92,95,98)/b37-19+,38-20+. The number of carbonyl (C=O) groups excluding carboxylic acids is 3. The summed E-state index contributed by atoms with van der Waals surface area (Å²) in [6.45, 7) is 10.3. The van der Waals surface area contributed by atoms with Crippen LogP contribution in [0.5, 0.6) is 46.3 Å². The van der Waals surface area contributed by atoms with Crippen molar-refractivity contribution >= 4 is 80.4 Å². The molecule has 13 aromatic rings. The number of amides is 3. The van der Waals surface area contributed by atoms with Gasteiger partial charge in [-0.3, -0.25) is 19.1 Å². The third-order valence-electron chi connectivity index (χ3n) is 22.9. The smallest absolute Gasteiger partial charge is 0.246 e. The second kappa shape index (κ2) is 32.4. The molecule has 9 aromatic heterocycles. The number of aryl methyl sites for hydroxylation is 5. The predicted molar refractivity (Wildman–Crippen MR) is 448 cm³/mol. The molecule has 8 N–H and O–H groups in total. The SMILES string of the molecule is C=CC(=O)N1CCCC(n2cc(-c3c(-c4ccc(Oc5cccc(/C=C/C(=O)NC6CCC(c7c(-c8ccc(Oc9cc(/C=C/C(=O)NC%10CCC(c%11c(-c%12ccc(Oc%13cccc(C)n%13)c(OC)c%12)c%12c(N)ncnc%12n%11C)CC%10)cc(C)n9)c(OC)c8)c8c(N)ncnc8n7C)CC6)c5)cc4)c4c(N)ncnc4n3C)cn2)C1C. The van der Waals surface area contributed by atoms with Crippen molar-refractivity contribution in [3.05, 3.63) is 205 Å². The van der Waals surface area contributed by atoms with Gasteiger partial charge in [0.15, 0.2) is 23.0 Å². The van der Waals surface area contributed by atoms with Gasteiger partial charge in [-0.25, -0.2) is 39.9 Å². The van der Waals surface area contributed by atoms with Gasteiger partial charge in [0.2, 0.25) is 29.5 Å². The van der Waals surface area contributed by atoms with E-state index in [9.17, 15) is 14.4 Å². The first kappa shape index (κ1) is 76.3. The Morgan fingerprint density at radius 1 is 0.517 bits per heavy atom. The minimum absolute atomic E-state index is 0.0161. The van der Waals surface area contributed by atoms with Crippen LogP contribution >= 0.6 is 0 Å². The Bertz CT molecular complexity index is 6020. The molecule has 3 amide bonds. The van der Waals surface area contributed by atoms with Crippen LogP contribution in [0.2, 0.25) is 0 Å². The van der Waals surface area contributed by atoms with Gasteiger partial charge >= 0.3 is 0 Å². The topological polar surface area (TPSA) is 338 Å². The van der Waals surface area contributed by atoms with E-state index in [4.69, 9.17) is 56.0 Å². The van der Waals surface area contributed by atoms with Gasteiger partial charge in [-0.15, -0.1) is 0 Å². The summed E-state index contributed by atoms with van der Waals surface area (Å²) >= 11 is 0. The Labute approximate surface area is 670 Å². The summed E-state index contributed by atoms with van der Waals surface area (Å²) in [5.74, 6) is 4.80. The third kappa shape index (κ3) is 15.2. The molecule has 2 saturated carbocycles.